The van der Waals surface area contributed by atoms with Crippen molar-refractivity contribution in [2.75, 3.05) is 0 Å². The molecule has 0 unspecified atom stereocenters. The van der Waals surface area contributed by atoms with Gasteiger partial charge in [-0.25, -0.2) is 0 Å². The smallest absolute Gasteiger partial charge is 0.0946 e. The minimum atomic E-state index is 0.558. The molecule has 11 heavy (non-hydrogen) atoms. The largest absolute Gasteiger partial charge is 0.193 e. The van der Waals surface area contributed by atoms with Crippen molar-refractivity contribution in [1.29, 1.82) is 5.26 Å². The van der Waals surface area contributed by atoms with Crippen LogP contribution in [0.15, 0.2) is 23.8 Å². The van der Waals surface area contributed by atoms with Gasteiger partial charge in [-0.3, -0.25) is 0 Å². The standard InChI is InChI=1S/C10H15N/c1-4-10(8-11)7-5-6-9(2)3/h5-7,9H,4H2,1-3H3/b6-5-,10-7+. The molecule has 0 spiro atoms. The zero-order valence-corrected chi connectivity index (χ0v) is 7.46. The Kier molecular flexibility index (Phi) is 5.20. The second-order valence-corrected chi connectivity index (χ2v) is 2.79. The molecular formula is C10H15N. The van der Waals surface area contributed by atoms with Crippen molar-refractivity contribution in [3.05, 3.63) is 23.8 Å². The Balaban J connectivity index is 4.01. The van der Waals surface area contributed by atoms with Crippen LogP contribution in [0.4, 0.5) is 0 Å². The number of hydrogen-bond acceptors (Lipinski definition) is 1. The number of rotatable bonds is 3. The maximum Gasteiger partial charge on any atom is 0.0946 e. The molecule has 0 saturated heterocycles. The van der Waals surface area contributed by atoms with Gasteiger partial charge >= 0.3 is 0 Å². The minimum Gasteiger partial charge on any atom is -0.193 e. The van der Waals surface area contributed by atoms with Crippen LogP contribution in [0.2, 0.25) is 0 Å². The van der Waals surface area contributed by atoms with Crippen molar-refractivity contribution in [2.45, 2.75) is 27.2 Å². The maximum atomic E-state index is 8.54. The Morgan fingerprint density at radius 2 is 2.18 bits per heavy atom. The molecule has 0 aromatic heterocycles. The van der Waals surface area contributed by atoms with Gasteiger partial charge in [-0.15, -0.1) is 0 Å². The molecule has 1 nitrogen and oxygen atoms in total. The zero-order valence-electron chi connectivity index (χ0n) is 7.46. The molecule has 0 amide bonds. The summed E-state index contributed by atoms with van der Waals surface area (Å²) in [5.74, 6) is 0.558. The number of nitrogens with zero attached hydrogens (tertiary/aromatic N) is 1. The van der Waals surface area contributed by atoms with Crippen molar-refractivity contribution < 1.29 is 0 Å². The predicted octanol–water partition coefficient (Wildman–Crippen LogP) is 3.06. The summed E-state index contributed by atoms with van der Waals surface area (Å²) >= 11 is 0. The van der Waals surface area contributed by atoms with E-state index in [2.05, 4.69) is 26.0 Å². The topological polar surface area (TPSA) is 23.8 Å². The van der Waals surface area contributed by atoms with Gasteiger partial charge in [-0.1, -0.05) is 32.9 Å². The highest BCUT2D eigenvalue weighted by Crippen LogP contribution is 2.00. The Labute approximate surface area is 69.0 Å². The molecule has 60 valence electrons. The third-order valence-electron chi connectivity index (χ3n) is 1.32. The van der Waals surface area contributed by atoms with Crippen LogP contribution in [0.1, 0.15) is 27.2 Å². The van der Waals surface area contributed by atoms with Crippen LogP contribution in [-0.2, 0) is 0 Å². The highest BCUT2D eigenvalue weighted by Gasteiger charge is 1.86. The third-order valence-corrected chi connectivity index (χ3v) is 1.32. The summed E-state index contributed by atoms with van der Waals surface area (Å²) in [6.45, 7) is 6.21. The van der Waals surface area contributed by atoms with Gasteiger partial charge in [0.25, 0.3) is 0 Å². The Bertz CT molecular complexity index is 191. The van der Waals surface area contributed by atoms with E-state index in [9.17, 15) is 0 Å². The fourth-order valence-electron chi connectivity index (χ4n) is 0.628. The van der Waals surface area contributed by atoms with E-state index in [-0.39, 0.29) is 0 Å². The van der Waals surface area contributed by atoms with Gasteiger partial charge < -0.3 is 0 Å². The van der Waals surface area contributed by atoms with Crippen LogP contribution in [0, 0.1) is 17.2 Å². The molecule has 0 aliphatic heterocycles. The fourth-order valence-corrected chi connectivity index (χ4v) is 0.628. The van der Waals surface area contributed by atoms with Crippen molar-refractivity contribution >= 4 is 0 Å². The highest BCUT2D eigenvalue weighted by molar-refractivity contribution is 5.25. The van der Waals surface area contributed by atoms with Gasteiger partial charge in [-0.2, -0.15) is 5.26 Å². The molecule has 0 heterocycles. The van der Waals surface area contributed by atoms with Crippen LogP contribution >= 0.6 is 0 Å². The molecule has 0 fully saturated rings. The van der Waals surface area contributed by atoms with E-state index in [1.54, 1.807) is 0 Å². The summed E-state index contributed by atoms with van der Waals surface area (Å²) in [5, 5.41) is 8.54. The summed E-state index contributed by atoms with van der Waals surface area (Å²) in [7, 11) is 0. The van der Waals surface area contributed by atoms with Gasteiger partial charge in [0.15, 0.2) is 0 Å². The molecule has 0 bridgehead atoms. The van der Waals surface area contributed by atoms with Gasteiger partial charge in [0.1, 0.15) is 0 Å². The Morgan fingerprint density at radius 3 is 2.55 bits per heavy atom. The van der Waals surface area contributed by atoms with E-state index in [1.165, 1.54) is 0 Å². The van der Waals surface area contributed by atoms with E-state index in [4.69, 9.17) is 5.26 Å². The summed E-state index contributed by atoms with van der Waals surface area (Å²) in [6.07, 6.45) is 6.72. The van der Waals surface area contributed by atoms with Crippen LogP contribution in [0.25, 0.3) is 0 Å². The molecular weight excluding hydrogens is 134 g/mol. The second-order valence-electron chi connectivity index (χ2n) is 2.79. The summed E-state index contributed by atoms with van der Waals surface area (Å²) in [4.78, 5) is 0. The lowest BCUT2D eigenvalue weighted by Crippen LogP contribution is -1.76. The zero-order chi connectivity index (χ0) is 8.69. The van der Waals surface area contributed by atoms with Crippen LogP contribution in [-0.4, -0.2) is 0 Å². The predicted molar refractivity (Wildman–Crippen MR) is 48.0 cm³/mol. The van der Waals surface area contributed by atoms with E-state index in [0.29, 0.717) is 5.92 Å². The van der Waals surface area contributed by atoms with Crippen molar-refractivity contribution in [1.82, 2.24) is 0 Å². The van der Waals surface area contributed by atoms with Gasteiger partial charge in [0.05, 0.1) is 6.07 Å². The Morgan fingerprint density at radius 1 is 1.55 bits per heavy atom. The van der Waals surface area contributed by atoms with Gasteiger partial charge in [-0.05, 0) is 18.4 Å². The quantitative estimate of drug-likeness (QED) is 0.447. The first kappa shape index (κ1) is 9.97. The minimum absolute atomic E-state index is 0.558. The first-order valence-electron chi connectivity index (χ1n) is 3.98. The molecule has 0 rings (SSSR count). The monoisotopic (exact) mass is 149 g/mol. The van der Waals surface area contributed by atoms with E-state index in [0.717, 1.165) is 12.0 Å². The normalized spacial score (nSPS) is 12.5. The molecule has 0 saturated carbocycles. The molecule has 0 aliphatic carbocycles. The summed E-state index contributed by atoms with van der Waals surface area (Å²) < 4.78 is 0. The molecule has 0 radical (unpaired) electrons. The maximum absolute atomic E-state index is 8.54. The van der Waals surface area contributed by atoms with Crippen molar-refractivity contribution in [3.8, 4) is 6.07 Å². The average Bonchev–Trinajstić information content (AvgIpc) is 1.98. The Hall–Kier alpha value is -1.03. The van der Waals surface area contributed by atoms with E-state index < -0.39 is 0 Å². The van der Waals surface area contributed by atoms with Gasteiger partial charge in [0, 0.05) is 5.57 Å². The first-order chi connectivity index (χ1) is 5.20. The molecule has 1 heteroatoms. The second kappa shape index (κ2) is 5.73. The molecule has 0 aromatic carbocycles. The van der Waals surface area contributed by atoms with E-state index in [1.807, 2.05) is 19.1 Å². The fraction of sp³-hybridized carbons (Fsp3) is 0.500. The lowest BCUT2D eigenvalue weighted by Gasteiger charge is -1.90. The van der Waals surface area contributed by atoms with Crippen LogP contribution in [0.5, 0.6) is 0 Å². The van der Waals surface area contributed by atoms with Crippen molar-refractivity contribution in [2.24, 2.45) is 5.92 Å². The third kappa shape index (κ3) is 5.42. The van der Waals surface area contributed by atoms with E-state index >= 15 is 0 Å². The average molecular weight is 149 g/mol. The molecule has 0 N–H and O–H groups in total. The number of hydrogen-bond donors (Lipinski definition) is 0. The molecule has 0 aliphatic rings. The van der Waals surface area contributed by atoms with Gasteiger partial charge in [0.2, 0.25) is 0 Å². The lowest BCUT2D eigenvalue weighted by atomic mass is 10.1. The summed E-state index contributed by atoms with van der Waals surface area (Å²) in [5.41, 5.74) is 0.835. The SMILES string of the molecule is CC/C(C#N)=C\C=C/C(C)C. The molecule has 0 aromatic rings. The summed E-state index contributed by atoms with van der Waals surface area (Å²) in [6, 6.07) is 2.14. The van der Waals surface area contributed by atoms with Crippen LogP contribution < -0.4 is 0 Å². The number of allylic oxidation sites excluding steroid dienone is 4. The lowest BCUT2D eigenvalue weighted by molar-refractivity contribution is 0.832. The molecule has 0 atom stereocenters. The first-order valence-corrected chi connectivity index (χ1v) is 3.98. The number of nitriles is 1. The van der Waals surface area contributed by atoms with Crippen molar-refractivity contribution in [3.63, 3.8) is 0 Å². The highest BCUT2D eigenvalue weighted by atomic mass is 14.2. The van der Waals surface area contributed by atoms with Crippen LogP contribution in [0.3, 0.4) is 0 Å².